The number of nitrogens with zero attached hydrogens (tertiary/aromatic N) is 2. The van der Waals surface area contributed by atoms with Crippen molar-refractivity contribution in [2.75, 3.05) is 39.3 Å². The topological polar surface area (TPSA) is 35.9 Å². The van der Waals surface area contributed by atoms with E-state index in [0.717, 1.165) is 36.6 Å². The van der Waals surface area contributed by atoms with Crippen LogP contribution in [-0.2, 0) is 13.0 Å². The summed E-state index contributed by atoms with van der Waals surface area (Å²) in [5, 5.41) is 11.4. The van der Waals surface area contributed by atoms with Crippen molar-refractivity contribution in [3.05, 3.63) is 82.4 Å². The summed E-state index contributed by atoms with van der Waals surface area (Å²) in [5.41, 5.74) is 7.88. The number of phenolic OH excluding ortho intramolecular Hbond substituents is 1. The van der Waals surface area contributed by atoms with Crippen molar-refractivity contribution in [1.29, 1.82) is 0 Å². The van der Waals surface area contributed by atoms with Crippen molar-refractivity contribution in [3.8, 4) is 21.9 Å². The Bertz CT molecular complexity index is 1450. The maximum Gasteiger partial charge on any atom is 0.122 e. The van der Waals surface area contributed by atoms with E-state index in [4.69, 9.17) is 4.74 Å². The Morgan fingerprint density at radius 3 is 2.33 bits per heavy atom. The number of phenols is 1. The molecule has 0 spiro atoms. The summed E-state index contributed by atoms with van der Waals surface area (Å²) in [6, 6.07) is 19.4. The van der Waals surface area contributed by atoms with Crippen molar-refractivity contribution in [2.45, 2.75) is 52.5 Å². The molecular weight excluding hydrogens is 500 g/mol. The summed E-state index contributed by atoms with van der Waals surface area (Å²) in [5.74, 6) is 1.30. The number of hydrogen-bond donors (Lipinski definition) is 1. The fraction of sp³-hybridized carbons (Fsp3) is 0.412. The van der Waals surface area contributed by atoms with Gasteiger partial charge in [-0.2, -0.15) is 0 Å². The largest absolute Gasteiger partial charge is 0.508 e. The molecule has 2 aliphatic heterocycles. The molecule has 6 rings (SSSR count). The van der Waals surface area contributed by atoms with Crippen molar-refractivity contribution in [2.24, 2.45) is 0 Å². The molecular formula is C34H40N2O2S. The lowest BCUT2D eigenvalue weighted by atomic mass is 9.96. The maximum atomic E-state index is 10.2. The summed E-state index contributed by atoms with van der Waals surface area (Å²) >= 11 is 1.77. The molecule has 0 atom stereocenters. The number of likely N-dealkylation sites (tertiary alicyclic amines) is 2. The van der Waals surface area contributed by atoms with E-state index < -0.39 is 0 Å². The van der Waals surface area contributed by atoms with Crippen LogP contribution in [0.4, 0.5) is 0 Å². The fourth-order valence-electron chi connectivity index (χ4n) is 6.22. The molecule has 0 radical (unpaired) electrons. The van der Waals surface area contributed by atoms with Crippen LogP contribution < -0.4 is 4.74 Å². The highest BCUT2D eigenvalue weighted by molar-refractivity contribution is 7.22. The van der Waals surface area contributed by atoms with E-state index in [1.54, 1.807) is 11.3 Å². The van der Waals surface area contributed by atoms with Gasteiger partial charge in [-0.1, -0.05) is 18.2 Å². The van der Waals surface area contributed by atoms with Gasteiger partial charge in [0.25, 0.3) is 0 Å². The molecule has 0 amide bonds. The zero-order valence-electron chi connectivity index (χ0n) is 23.3. The Morgan fingerprint density at radius 1 is 0.821 bits per heavy atom. The normalized spacial score (nSPS) is 16.5. The summed E-state index contributed by atoms with van der Waals surface area (Å²) in [7, 11) is 0. The molecule has 204 valence electrons. The Balaban J connectivity index is 1.26. The second-order valence-electron chi connectivity index (χ2n) is 11.4. The maximum absolute atomic E-state index is 10.2. The van der Waals surface area contributed by atoms with Gasteiger partial charge >= 0.3 is 0 Å². The summed E-state index contributed by atoms with van der Waals surface area (Å²) < 4.78 is 7.32. The zero-order chi connectivity index (χ0) is 26.8. The van der Waals surface area contributed by atoms with Crippen LogP contribution in [0.2, 0.25) is 0 Å². The van der Waals surface area contributed by atoms with Gasteiger partial charge in [0.15, 0.2) is 0 Å². The SMILES string of the molecule is Cc1cc(Cc2c(-c3ccc(OCCN4CCCC4)c(C)c3)sc3cc(O)ccc23)ccc1CN1CCCC1. The van der Waals surface area contributed by atoms with Crippen LogP contribution in [0.1, 0.15) is 53.5 Å². The van der Waals surface area contributed by atoms with Gasteiger partial charge in [-0.15, -0.1) is 11.3 Å². The van der Waals surface area contributed by atoms with E-state index in [2.05, 4.69) is 66.1 Å². The van der Waals surface area contributed by atoms with Crippen LogP contribution in [0.3, 0.4) is 0 Å². The van der Waals surface area contributed by atoms with Crippen LogP contribution >= 0.6 is 11.3 Å². The van der Waals surface area contributed by atoms with Gasteiger partial charge in [0.1, 0.15) is 18.1 Å². The van der Waals surface area contributed by atoms with Crippen molar-refractivity contribution < 1.29 is 9.84 Å². The molecule has 2 fully saturated rings. The summed E-state index contributed by atoms with van der Waals surface area (Å²) in [6.07, 6.45) is 6.15. The molecule has 39 heavy (non-hydrogen) atoms. The highest BCUT2D eigenvalue weighted by Crippen LogP contribution is 2.42. The molecule has 0 aliphatic carbocycles. The first-order chi connectivity index (χ1) is 19.0. The third kappa shape index (κ3) is 6.01. The van der Waals surface area contributed by atoms with Gasteiger partial charge in [-0.25, -0.2) is 0 Å². The number of thiophene rings is 1. The lowest BCUT2D eigenvalue weighted by Gasteiger charge is -2.17. The molecule has 0 saturated carbocycles. The highest BCUT2D eigenvalue weighted by atomic mass is 32.1. The molecule has 0 unspecified atom stereocenters. The van der Waals surface area contributed by atoms with Crippen LogP contribution in [0.25, 0.3) is 20.5 Å². The van der Waals surface area contributed by atoms with E-state index in [1.165, 1.54) is 95.5 Å². The Labute approximate surface area is 236 Å². The molecule has 3 heterocycles. The Hall–Kier alpha value is -2.86. The molecule has 3 aromatic carbocycles. The smallest absolute Gasteiger partial charge is 0.122 e. The molecule has 1 aromatic heterocycles. The van der Waals surface area contributed by atoms with Crippen LogP contribution in [0.15, 0.2) is 54.6 Å². The minimum Gasteiger partial charge on any atom is -0.508 e. The van der Waals surface area contributed by atoms with E-state index in [-0.39, 0.29) is 0 Å². The summed E-state index contributed by atoms with van der Waals surface area (Å²) in [6.45, 7) is 12.0. The quantitative estimate of drug-likeness (QED) is 0.238. The first-order valence-corrected chi connectivity index (χ1v) is 15.4. The van der Waals surface area contributed by atoms with Crippen molar-refractivity contribution in [1.82, 2.24) is 9.80 Å². The monoisotopic (exact) mass is 540 g/mol. The molecule has 5 heteroatoms. The van der Waals surface area contributed by atoms with Crippen molar-refractivity contribution in [3.63, 3.8) is 0 Å². The number of ether oxygens (including phenoxy) is 1. The summed E-state index contributed by atoms with van der Waals surface area (Å²) in [4.78, 5) is 6.34. The first kappa shape index (κ1) is 26.4. The van der Waals surface area contributed by atoms with Crippen LogP contribution in [0, 0.1) is 13.8 Å². The predicted molar refractivity (Wildman–Crippen MR) is 163 cm³/mol. The third-order valence-corrected chi connectivity index (χ3v) is 9.70. The second kappa shape index (κ2) is 11.7. The Kier molecular flexibility index (Phi) is 7.92. The van der Waals surface area contributed by atoms with Crippen molar-refractivity contribution >= 4 is 21.4 Å². The molecule has 4 nitrogen and oxygen atoms in total. The second-order valence-corrected chi connectivity index (χ2v) is 12.4. The third-order valence-electron chi connectivity index (χ3n) is 8.46. The standard InChI is InChI=1S/C34H40N2O2S/c1-24-19-26(7-8-28(24)23-36-15-5-6-16-36)21-31-30-11-10-29(37)22-33(30)39-34(31)27-9-12-32(25(2)20-27)38-18-17-35-13-3-4-14-35/h7-12,19-20,22,37H,3-6,13-18,21,23H2,1-2H3. The minimum absolute atomic E-state index is 0.321. The lowest BCUT2D eigenvalue weighted by molar-refractivity contribution is 0.237. The predicted octanol–water partition coefficient (Wildman–Crippen LogP) is 7.55. The number of hydrogen-bond acceptors (Lipinski definition) is 5. The van der Waals surface area contributed by atoms with Gasteiger partial charge in [0, 0.05) is 22.7 Å². The van der Waals surface area contributed by atoms with Gasteiger partial charge < -0.3 is 9.84 Å². The average Bonchev–Trinajstić information content (AvgIpc) is 3.69. The highest BCUT2D eigenvalue weighted by Gasteiger charge is 2.18. The van der Waals surface area contributed by atoms with Gasteiger partial charge in [0.05, 0.1) is 0 Å². The molecule has 0 bridgehead atoms. The number of aryl methyl sites for hydroxylation is 2. The number of aromatic hydroxyl groups is 1. The van der Waals surface area contributed by atoms with E-state index in [1.807, 2.05) is 12.1 Å². The molecule has 4 aromatic rings. The zero-order valence-corrected chi connectivity index (χ0v) is 24.2. The number of fused-ring (bicyclic) bond motifs is 1. The first-order valence-electron chi connectivity index (χ1n) is 14.5. The van der Waals surface area contributed by atoms with Gasteiger partial charge in [0.2, 0.25) is 0 Å². The van der Waals surface area contributed by atoms with Crippen LogP contribution in [0.5, 0.6) is 11.5 Å². The van der Waals surface area contributed by atoms with E-state index >= 15 is 0 Å². The van der Waals surface area contributed by atoms with Crippen LogP contribution in [-0.4, -0.2) is 54.2 Å². The number of benzene rings is 3. The average molecular weight is 541 g/mol. The fourth-order valence-corrected chi connectivity index (χ4v) is 7.47. The molecule has 1 N–H and O–H groups in total. The van der Waals surface area contributed by atoms with Gasteiger partial charge in [-0.3, -0.25) is 9.80 Å². The van der Waals surface area contributed by atoms with Gasteiger partial charge in [-0.05, 0) is 147 Å². The number of rotatable bonds is 9. The molecule has 2 saturated heterocycles. The Morgan fingerprint density at radius 2 is 1.59 bits per heavy atom. The lowest BCUT2D eigenvalue weighted by Crippen LogP contribution is -2.25. The molecule has 2 aliphatic rings. The van der Waals surface area contributed by atoms with E-state index in [9.17, 15) is 5.11 Å². The van der Waals surface area contributed by atoms with E-state index in [0.29, 0.717) is 5.75 Å². The minimum atomic E-state index is 0.321.